The smallest absolute Gasteiger partial charge is 0.0424 e. The Balaban J connectivity index is 1.97. The summed E-state index contributed by atoms with van der Waals surface area (Å²) in [4.78, 5) is 2.59. The van der Waals surface area contributed by atoms with E-state index in [4.69, 9.17) is 5.73 Å². The maximum atomic E-state index is 6.42. The third-order valence-corrected chi connectivity index (χ3v) is 4.13. The maximum Gasteiger partial charge on any atom is 0.0424 e. The van der Waals surface area contributed by atoms with E-state index in [0.717, 1.165) is 12.6 Å². The summed E-state index contributed by atoms with van der Waals surface area (Å²) in [5.74, 6) is 1.30. The van der Waals surface area contributed by atoms with Crippen LogP contribution in [0.15, 0.2) is 24.3 Å². The third kappa shape index (κ3) is 4.32. The summed E-state index contributed by atoms with van der Waals surface area (Å²) in [6.45, 7) is 11.2. The van der Waals surface area contributed by atoms with Crippen LogP contribution in [0.3, 0.4) is 0 Å². The second-order valence-electron chi connectivity index (χ2n) is 7.01. The summed E-state index contributed by atoms with van der Waals surface area (Å²) in [7, 11) is 0. The number of nitrogens with zero attached hydrogens (tertiary/aromatic N) is 1. The van der Waals surface area contributed by atoms with Gasteiger partial charge in [-0.15, -0.1) is 0 Å². The molecule has 1 aromatic rings. The minimum absolute atomic E-state index is 0.135. The molecule has 0 spiro atoms. The van der Waals surface area contributed by atoms with Crippen molar-refractivity contribution in [2.24, 2.45) is 11.7 Å². The lowest BCUT2D eigenvalue weighted by Crippen LogP contribution is -2.36. The van der Waals surface area contributed by atoms with E-state index in [2.05, 4.69) is 56.9 Å². The Bertz CT molecular complexity index is 404. The zero-order valence-electron chi connectivity index (χ0n) is 13.5. The lowest BCUT2D eigenvalue weighted by Gasteiger charge is -2.27. The summed E-state index contributed by atoms with van der Waals surface area (Å²) in [5, 5.41) is 0. The molecule has 20 heavy (non-hydrogen) atoms. The van der Waals surface area contributed by atoms with Gasteiger partial charge in [-0.25, -0.2) is 0 Å². The summed E-state index contributed by atoms with van der Waals surface area (Å²) >= 11 is 0. The van der Waals surface area contributed by atoms with Crippen LogP contribution in [-0.4, -0.2) is 24.0 Å². The molecule has 1 aromatic carbocycles. The molecule has 0 saturated heterocycles. The second kappa shape index (κ2) is 6.73. The molecule has 0 bridgehead atoms. The van der Waals surface area contributed by atoms with E-state index < -0.39 is 0 Å². The highest BCUT2D eigenvalue weighted by molar-refractivity contribution is 5.27. The van der Waals surface area contributed by atoms with E-state index in [1.807, 2.05) is 0 Å². The van der Waals surface area contributed by atoms with Gasteiger partial charge in [0.25, 0.3) is 0 Å². The molecule has 0 amide bonds. The maximum absolute atomic E-state index is 6.42. The van der Waals surface area contributed by atoms with Crippen LogP contribution in [0.5, 0.6) is 0 Å². The molecule has 2 N–H and O–H groups in total. The van der Waals surface area contributed by atoms with Gasteiger partial charge in [0, 0.05) is 25.2 Å². The molecule has 1 atom stereocenters. The lowest BCUT2D eigenvalue weighted by molar-refractivity contribution is 0.221. The monoisotopic (exact) mass is 274 g/mol. The molecule has 0 radical (unpaired) electrons. The topological polar surface area (TPSA) is 29.3 Å². The van der Waals surface area contributed by atoms with Crippen molar-refractivity contribution in [2.75, 3.05) is 13.1 Å². The second-order valence-corrected chi connectivity index (χ2v) is 7.01. The molecule has 0 aliphatic heterocycles. The zero-order valence-corrected chi connectivity index (χ0v) is 13.5. The first-order chi connectivity index (χ1) is 9.47. The molecular weight excluding hydrogens is 244 g/mol. The number of rotatable bonds is 7. The highest BCUT2D eigenvalue weighted by Gasteiger charge is 2.30. The molecule has 1 aliphatic rings. The Morgan fingerprint density at radius 3 is 2.00 bits per heavy atom. The third-order valence-electron chi connectivity index (χ3n) is 4.13. The Kier molecular flexibility index (Phi) is 5.22. The van der Waals surface area contributed by atoms with E-state index in [1.165, 1.54) is 30.5 Å². The Morgan fingerprint density at radius 1 is 1.00 bits per heavy atom. The van der Waals surface area contributed by atoms with Crippen LogP contribution in [-0.2, 0) is 0 Å². The first kappa shape index (κ1) is 15.5. The van der Waals surface area contributed by atoms with Crippen molar-refractivity contribution in [1.82, 2.24) is 4.90 Å². The molecule has 2 heteroatoms. The molecule has 2 nitrogen and oxygen atoms in total. The molecule has 112 valence electrons. The van der Waals surface area contributed by atoms with E-state index in [-0.39, 0.29) is 6.04 Å². The number of benzene rings is 1. The summed E-state index contributed by atoms with van der Waals surface area (Å²) < 4.78 is 0. The zero-order chi connectivity index (χ0) is 14.7. The molecule has 0 heterocycles. The van der Waals surface area contributed by atoms with Crippen LogP contribution in [0, 0.1) is 5.92 Å². The van der Waals surface area contributed by atoms with Gasteiger partial charge in [-0.3, -0.25) is 4.90 Å². The standard InChI is InChI=1S/C18H30N2/c1-13(2)11-20(17-9-10-17)12-18(19)16-7-5-15(6-8-16)14(3)4/h5-8,13-14,17-18H,9-12,19H2,1-4H3. The van der Waals surface area contributed by atoms with Crippen molar-refractivity contribution in [3.05, 3.63) is 35.4 Å². The van der Waals surface area contributed by atoms with Gasteiger partial charge in [0.2, 0.25) is 0 Å². The van der Waals surface area contributed by atoms with Crippen LogP contribution >= 0.6 is 0 Å². The van der Waals surface area contributed by atoms with Gasteiger partial charge in [0.1, 0.15) is 0 Å². The van der Waals surface area contributed by atoms with Gasteiger partial charge in [0.05, 0.1) is 0 Å². The Labute approximate surface area is 124 Å². The average Bonchev–Trinajstić information content (AvgIpc) is 3.21. The molecule has 2 rings (SSSR count). The fraction of sp³-hybridized carbons (Fsp3) is 0.667. The fourth-order valence-electron chi connectivity index (χ4n) is 2.77. The van der Waals surface area contributed by atoms with Crippen molar-refractivity contribution in [1.29, 1.82) is 0 Å². The molecule has 1 saturated carbocycles. The predicted octanol–water partition coefficient (Wildman–Crippen LogP) is 3.93. The molecular formula is C18H30N2. The minimum Gasteiger partial charge on any atom is -0.323 e. The first-order valence-corrected chi connectivity index (χ1v) is 8.07. The number of hydrogen-bond acceptors (Lipinski definition) is 2. The number of hydrogen-bond donors (Lipinski definition) is 1. The van der Waals surface area contributed by atoms with E-state index >= 15 is 0 Å². The largest absolute Gasteiger partial charge is 0.323 e. The lowest BCUT2D eigenvalue weighted by atomic mass is 9.99. The van der Waals surface area contributed by atoms with Crippen molar-refractivity contribution in [2.45, 2.75) is 58.5 Å². The highest BCUT2D eigenvalue weighted by Crippen LogP contribution is 2.29. The Morgan fingerprint density at radius 2 is 1.55 bits per heavy atom. The van der Waals surface area contributed by atoms with Gasteiger partial charge in [-0.1, -0.05) is 52.0 Å². The molecule has 1 unspecified atom stereocenters. The number of nitrogens with two attached hydrogens (primary N) is 1. The van der Waals surface area contributed by atoms with Crippen LogP contribution in [0.4, 0.5) is 0 Å². The molecule has 1 aliphatic carbocycles. The SMILES string of the molecule is CC(C)CN(CC(N)c1ccc(C(C)C)cc1)C1CC1. The Hall–Kier alpha value is -0.860. The van der Waals surface area contributed by atoms with Gasteiger partial charge in [-0.05, 0) is 35.8 Å². The van der Waals surface area contributed by atoms with Crippen molar-refractivity contribution in [3.8, 4) is 0 Å². The van der Waals surface area contributed by atoms with Crippen LogP contribution in [0.1, 0.15) is 63.6 Å². The first-order valence-electron chi connectivity index (χ1n) is 8.07. The molecule has 1 fully saturated rings. The van der Waals surface area contributed by atoms with Crippen molar-refractivity contribution >= 4 is 0 Å². The fourth-order valence-corrected chi connectivity index (χ4v) is 2.77. The quantitative estimate of drug-likeness (QED) is 0.816. The highest BCUT2D eigenvalue weighted by atomic mass is 15.2. The normalized spacial score (nSPS) is 17.2. The van der Waals surface area contributed by atoms with E-state index in [1.54, 1.807) is 0 Å². The predicted molar refractivity (Wildman–Crippen MR) is 86.9 cm³/mol. The van der Waals surface area contributed by atoms with Crippen LogP contribution in [0.25, 0.3) is 0 Å². The molecule has 0 aromatic heterocycles. The van der Waals surface area contributed by atoms with Gasteiger partial charge >= 0.3 is 0 Å². The van der Waals surface area contributed by atoms with Crippen LogP contribution < -0.4 is 5.73 Å². The average molecular weight is 274 g/mol. The van der Waals surface area contributed by atoms with Crippen molar-refractivity contribution < 1.29 is 0 Å². The summed E-state index contributed by atoms with van der Waals surface area (Å²) in [5.41, 5.74) is 9.08. The minimum atomic E-state index is 0.135. The van der Waals surface area contributed by atoms with Gasteiger partial charge in [0.15, 0.2) is 0 Å². The van der Waals surface area contributed by atoms with Crippen LogP contribution in [0.2, 0.25) is 0 Å². The van der Waals surface area contributed by atoms with Crippen molar-refractivity contribution in [3.63, 3.8) is 0 Å². The van der Waals surface area contributed by atoms with Gasteiger partial charge in [-0.2, -0.15) is 0 Å². The van der Waals surface area contributed by atoms with E-state index in [9.17, 15) is 0 Å². The van der Waals surface area contributed by atoms with E-state index in [0.29, 0.717) is 11.8 Å². The summed E-state index contributed by atoms with van der Waals surface area (Å²) in [6.07, 6.45) is 2.71. The summed E-state index contributed by atoms with van der Waals surface area (Å²) in [6, 6.07) is 9.79. The van der Waals surface area contributed by atoms with Gasteiger partial charge < -0.3 is 5.73 Å².